The summed E-state index contributed by atoms with van der Waals surface area (Å²) in [7, 11) is -3.13. The van der Waals surface area contributed by atoms with E-state index in [1.807, 2.05) is 0 Å². The third-order valence-corrected chi connectivity index (χ3v) is 0. The molecule has 5 heteroatoms. The monoisotopic (exact) mass is 290 g/mol. The Hall–Kier alpha value is 0.539. The van der Waals surface area contributed by atoms with Gasteiger partial charge in [-0.1, -0.05) is 0 Å². The first-order chi connectivity index (χ1) is 1.73. The molecule has 0 saturated carbocycles. The standard InChI is InChI=1S/H2O3Si.Pb.4H/c1-4(2)3;;;;;/h1-2H;;;;;. The van der Waals surface area contributed by atoms with Gasteiger partial charge in [-0.25, -0.2) is 0 Å². The Morgan fingerprint density at radius 3 is 1.40 bits per heavy atom. The molecule has 0 bridgehead atoms. The molecule has 0 spiro atoms. The van der Waals surface area contributed by atoms with Crippen molar-refractivity contribution in [2.45, 2.75) is 0 Å². The summed E-state index contributed by atoms with van der Waals surface area (Å²) in [4.78, 5) is 14.3. The van der Waals surface area contributed by atoms with E-state index in [4.69, 9.17) is 14.1 Å². The Morgan fingerprint density at radius 2 is 1.40 bits per heavy atom. The van der Waals surface area contributed by atoms with Gasteiger partial charge in [0.15, 0.2) is 0 Å². The van der Waals surface area contributed by atoms with Gasteiger partial charge in [-0.3, -0.25) is 4.46 Å². The molecule has 0 aliphatic carbocycles. The van der Waals surface area contributed by atoms with E-state index in [0.29, 0.717) is 0 Å². The first kappa shape index (κ1) is 9.11. The van der Waals surface area contributed by atoms with Gasteiger partial charge in [-0.15, -0.1) is 0 Å². The number of hydrogen-bond donors (Lipinski definition) is 2. The molecule has 0 aromatic rings. The van der Waals surface area contributed by atoms with Crippen LogP contribution in [0.4, 0.5) is 0 Å². The first-order valence-electron chi connectivity index (χ1n) is 0.651. The topological polar surface area (TPSA) is 57.5 Å². The van der Waals surface area contributed by atoms with Crippen LogP contribution in [0.3, 0.4) is 0 Å². The maximum atomic E-state index is 8.74. The molecular formula is H6O3PbSi. The van der Waals surface area contributed by atoms with Gasteiger partial charge in [0.2, 0.25) is 0 Å². The van der Waals surface area contributed by atoms with Gasteiger partial charge in [0.25, 0.3) is 0 Å². The number of hydrogen-bond acceptors (Lipinski definition) is 1. The second-order valence-electron chi connectivity index (χ2n) is 0.283. The molecule has 32 valence electrons. The summed E-state index contributed by atoms with van der Waals surface area (Å²) in [6, 6.07) is 0. The SMILES string of the molecule is O=[Si](O)O.[PbH4]. The third kappa shape index (κ3) is 101. The van der Waals surface area contributed by atoms with E-state index in [0.717, 1.165) is 0 Å². The van der Waals surface area contributed by atoms with Crippen molar-refractivity contribution in [3.8, 4) is 0 Å². The van der Waals surface area contributed by atoms with Crippen LogP contribution in [0, 0.1) is 0 Å². The van der Waals surface area contributed by atoms with E-state index in [-0.39, 0.29) is 27.3 Å². The van der Waals surface area contributed by atoms with Crippen LogP contribution in [0.15, 0.2) is 0 Å². The molecule has 0 radical (unpaired) electrons. The summed E-state index contributed by atoms with van der Waals surface area (Å²) in [6.07, 6.45) is 0. The van der Waals surface area contributed by atoms with Crippen molar-refractivity contribution in [2.24, 2.45) is 0 Å². The van der Waals surface area contributed by atoms with Gasteiger partial charge in [0, 0.05) is 0 Å². The summed E-state index contributed by atoms with van der Waals surface area (Å²) >= 11 is 0. The zero-order valence-electron chi connectivity index (χ0n) is 1.80. The predicted octanol–water partition coefficient (Wildman–Crippen LogP) is -3.07. The van der Waals surface area contributed by atoms with Gasteiger partial charge >= 0.3 is 36.5 Å². The molecule has 0 unspecified atom stereocenters. The van der Waals surface area contributed by atoms with Crippen molar-refractivity contribution >= 4 is 36.5 Å². The van der Waals surface area contributed by atoms with Crippen molar-refractivity contribution in [1.82, 2.24) is 0 Å². The molecule has 2 N–H and O–H groups in total. The average molecular weight is 289 g/mol. The Labute approximate surface area is 50.7 Å². The van der Waals surface area contributed by atoms with E-state index in [2.05, 4.69) is 0 Å². The zero-order chi connectivity index (χ0) is 3.58. The Morgan fingerprint density at radius 1 is 1.40 bits per heavy atom. The van der Waals surface area contributed by atoms with Gasteiger partial charge in [-0.05, 0) is 0 Å². The van der Waals surface area contributed by atoms with Gasteiger partial charge in [0.1, 0.15) is 0 Å². The van der Waals surface area contributed by atoms with E-state index in [9.17, 15) is 0 Å². The van der Waals surface area contributed by atoms with E-state index in [1.165, 1.54) is 0 Å². The molecule has 0 aromatic heterocycles. The zero-order valence-corrected chi connectivity index (χ0v) is 2.80. The number of rotatable bonds is 0. The molecule has 0 aliphatic heterocycles. The van der Waals surface area contributed by atoms with Crippen molar-refractivity contribution in [3.63, 3.8) is 0 Å². The fraction of sp³-hybridized carbons (Fsp3) is 0. The van der Waals surface area contributed by atoms with Gasteiger partial charge in [0.05, 0.1) is 0 Å². The fourth-order valence-corrected chi connectivity index (χ4v) is 0. The van der Waals surface area contributed by atoms with Crippen LogP contribution < -0.4 is 0 Å². The summed E-state index contributed by atoms with van der Waals surface area (Å²) in [6.45, 7) is 0. The Kier molecular flexibility index (Phi) is 8.27. The van der Waals surface area contributed by atoms with E-state index in [1.54, 1.807) is 0 Å². The quantitative estimate of drug-likeness (QED) is 0.466. The second-order valence-corrected chi connectivity index (χ2v) is 0.848. The van der Waals surface area contributed by atoms with Crippen LogP contribution in [-0.2, 0) is 4.46 Å². The summed E-state index contributed by atoms with van der Waals surface area (Å²) < 4.78 is 8.74. The van der Waals surface area contributed by atoms with Crippen LogP contribution in [0.2, 0.25) is 0 Å². The van der Waals surface area contributed by atoms with Crippen molar-refractivity contribution in [1.29, 1.82) is 0 Å². The van der Waals surface area contributed by atoms with Gasteiger partial charge in [-0.2, -0.15) is 0 Å². The molecule has 0 aliphatic rings. The maximum absolute atomic E-state index is 8.74. The minimum absolute atomic E-state index is 0. The Balaban J connectivity index is 0. The van der Waals surface area contributed by atoms with E-state index >= 15 is 0 Å². The van der Waals surface area contributed by atoms with Crippen LogP contribution >= 0.6 is 0 Å². The molecule has 0 fully saturated rings. The van der Waals surface area contributed by atoms with Crippen molar-refractivity contribution < 1.29 is 14.1 Å². The van der Waals surface area contributed by atoms with Crippen LogP contribution in [0.5, 0.6) is 0 Å². The molecule has 0 aromatic carbocycles. The van der Waals surface area contributed by atoms with Crippen LogP contribution in [0.25, 0.3) is 0 Å². The molecule has 0 amide bonds. The third-order valence-electron chi connectivity index (χ3n) is 0. The first-order valence-corrected chi connectivity index (χ1v) is 1.95. The molecule has 0 atom stereocenters. The summed E-state index contributed by atoms with van der Waals surface area (Å²) in [5.74, 6) is 0. The fourth-order valence-electron chi connectivity index (χ4n) is 0. The normalized spacial score (nSPS) is 4.80. The molecule has 5 heavy (non-hydrogen) atoms. The van der Waals surface area contributed by atoms with Crippen LogP contribution in [-0.4, -0.2) is 46.1 Å². The average Bonchev–Trinajstić information content (AvgIpc) is 0.811. The molecular weight excluding hydrogens is 283 g/mol. The molecule has 0 saturated heterocycles. The minimum atomic E-state index is -3.13. The summed E-state index contributed by atoms with van der Waals surface area (Å²) in [5.41, 5.74) is 0. The van der Waals surface area contributed by atoms with E-state index < -0.39 is 9.17 Å². The second kappa shape index (κ2) is 4.54. The Bertz CT molecular complexity index is 29.9. The van der Waals surface area contributed by atoms with Crippen molar-refractivity contribution in [2.75, 3.05) is 0 Å². The van der Waals surface area contributed by atoms with Gasteiger partial charge < -0.3 is 9.59 Å². The van der Waals surface area contributed by atoms with Crippen LogP contribution in [0.1, 0.15) is 0 Å². The summed E-state index contributed by atoms with van der Waals surface area (Å²) in [5, 5.41) is 0. The molecule has 3 nitrogen and oxygen atoms in total. The molecule has 0 heterocycles. The predicted molar refractivity (Wildman–Crippen MR) is 22.2 cm³/mol. The molecule has 0 rings (SSSR count). The van der Waals surface area contributed by atoms with Crippen molar-refractivity contribution in [3.05, 3.63) is 0 Å².